The molecule has 3 N–H and O–H groups in total. The Bertz CT molecular complexity index is 458. The summed E-state index contributed by atoms with van der Waals surface area (Å²) in [5, 5.41) is 15.4. The number of alkyl carbamates (subject to hydrolysis) is 1. The van der Waals surface area contributed by atoms with E-state index in [0.29, 0.717) is 18.1 Å². The Hall–Kier alpha value is -1.62. The molecule has 1 aromatic carbocycles. The van der Waals surface area contributed by atoms with Gasteiger partial charge in [0.05, 0.1) is 5.02 Å². The summed E-state index contributed by atoms with van der Waals surface area (Å²) in [6.07, 6.45) is 0.336. The van der Waals surface area contributed by atoms with Gasteiger partial charge in [-0.3, -0.25) is 0 Å². The largest absolute Gasteiger partial charge is 0.506 e. The van der Waals surface area contributed by atoms with Crippen molar-refractivity contribution >= 4 is 23.4 Å². The second kappa shape index (κ2) is 7.24. The molecule has 1 rings (SSSR count). The molecule has 0 aliphatic heterocycles. The number of aromatic hydroxyl groups is 1. The first-order valence-corrected chi connectivity index (χ1v) is 6.85. The lowest BCUT2D eigenvalue weighted by Gasteiger charge is -2.19. The Kier molecular flexibility index (Phi) is 5.95. The number of hydrogen-bond donors (Lipinski definition) is 3. The molecule has 20 heavy (non-hydrogen) atoms. The zero-order chi connectivity index (χ0) is 15.2. The topological polar surface area (TPSA) is 70.6 Å². The van der Waals surface area contributed by atoms with Gasteiger partial charge in [-0.05, 0) is 45.4 Å². The van der Waals surface area contributed by atoms with Gasteiger partial charge in [0.15, 0.2) is 0 Å². The van der Waals surface area contributed by atoms with E-state index in [1.54, 1.807) is 12.1 Å². The molecule has 5 nitrogen and oxygen atoms in total. The maximum atomic E-state index is 11.4. The number of hydrogen-bond acceptors (Lipinski definition) is 4. The Balaban J connectivity index is 2.19. The van der Waals surface area contributed by atoms with Crippen LogP contribution in [0.15, 0.2) is 18.2 Å². The third-order valence-electron chi connectivity index (χ3n) is 2.30. The lowest BCUT2D eigenvalue weighted by atomic mass is 10.2. The van der Waals surface area contributed by atoms with Crippen molar-refractivity contribution in [2.45, 2.75) is 32.8 Å². The minimum atomic E-state index is -0.481. The van der Waals surface area contributed by atoms with Crippen molar-refractivity contribution in [3.63, 3.8) is 0 Å². The average Bonchev–Trinajstić information content (AvgIpc) is 2.31. The van der Waals surface area contributed by atoms with Crippen LogP contribution < -0.4 is 10.6 Å². The lowest BCUT2D eigenvalue weighted by molar-refractivity contribution is 0.0528. The Morgan fingerprint density at radius 3 is 2.65 bits per heavy atom. The van der Waals surface area contributed by atoms with E-state index in [1.165, 1.54) is 6.07 Å². The number of phenolic OH excluding ortho intramolecular Hbond substituents is 1. The molecule has 0 fully saturated rings. The maximum Gasteiger partial charge on any atom is 0.407 e. The summed E-state index contributed by atoms with van der Waals surface area (Å²) in [5.41, 5.74) is 0.343. The quantitative estimate of drug-likeness (QED) is 0.576. The number of amides is 1. The maximum absolute atomic E-state index is 11.4. The Labute approximate surface area is 124 Å². The van der Waals surface area contributed by atoms with Crippen LogP contribution in [0.5, 0.6) is 5.75 Å². The molecule has 0 atom stereocenters. The number of carbonyl (C=O) groups is 1. The van der Waals surface area contributed by atoms with Crippen LogP contribution in [0.3, 0.4) is 0 Å². The smallest absolute Gasteiger partial charge is 0.407 e. The SMILES string of the molecule is CC(C)(C)OC(=O)NCCCNc1ccc(O)c(Cl)c1. The fourth-order valence-corrected chi connectivity index (χ4v) is 1.62. The highest BCUT2D eigenvalue weighted by molar-refractivity contribution is 6.32. The van der Waals surface area contributed by atoms with E-state index >= 15 is 0 Å². The van der Waals surface area contributed by atoms with Gasteiger partial charge in [0.2, 0.25) is 0 Å². The van der Waals surface area contributed by atoms with Gasteiger partial charge in [0.1, 0.15) is 11.4 Å². The average molecular weight is 301 g/mol. The highest BCUT2D eigenvalue weighted by Gasteiger charge is 2.15. The fraction of sp³-hybridized carbons (Fsp3) is 0.500. The van der Waals surface area contributed by atoms with Crippen LogP contribution in [0.1, 0.15) is 27.2 Å². The number of anilines is 1. The highest BCUT2D eigenvalue weighted by Crippen LogP contribution is 2.25. The molecular formula is C14H21ClN2O3. The summed E-state index contributed by atoms with van der Waals surface area (Å²) in [7, 11) is 0. The van der Waals surface area contributed by atoms with E-state index in [2.05, 4.69) is 10.6 Å². The second-order valence-electron chi connectivity index (χ2n) is 5.38. The van der Waals surface area contributed by atoms with Crippen LogP contribution in [0.25, 0.3) is 0 Å². The molecule has 0 spiro atoms. The Morgan fingerprint density at radius 1 is 1.35 bits per heavy atom. The van der Waals surface area contributed by atoms with Crippen molar-refractivity contribution in [1.82, 2.24) is 5.32 Å². The van der Waals surface area contributed by atoms with Crippen LogP contribution in [0, 0.1) is 0 Å². The van der Waals surface area contributed by atoms with Gasteiger partial charge in [-0.2, -0.15) is 0 Å². The summed E-state index contributed by atoms with van der Waals surface area (Å²) in [6, 6.07) is 4.92. The predicted octanol–water partition coefficient (Wildman–Crippen LogP) is 3.37. The van der Waals surface area contributed by atoms with Gasteiger partial charge >= 0.3 is 6.09 Å². The Morgan fingerprint density at radius 2 is 2.05 bits per heavy atom. The van der Waals surface area contributed by atoms with E-state index in [9.17, 15) is 9.90 Å². The van der Waals surface area contributed by atoms with Gasteiger partial charge in [-0.15, -0.1) is 0 Å². The van der Waals surface area contributed by atoms with Crippen LogP contribution in [0.4, 0.5) is 10.5 Å². The summed E-state index contributed by atoms with van der Waals surface area (Å²) in [5.74, 6) is 0.0591. The third-order valence-corrected chi connectivity index (χ3v) is 2.60. The van der Waals surface area contributed by atoms with Gasteiger partial charge in [-0.25, -0.2) is 4.79 Å². The molecule has 0 unspecified atom stereocenters. The number of phenols is 1. The molecule has 0 radical (unpaired) electrons. The van der Waals surface area contributed by atoms with Crippen LogP contribution in [0.2, 0.25) is 5.02 Å². The van der Waals surface area contributed by atoms with Crippen molar-refractivity contribution < 1.29 is 14.6 Å². The summed E-state index contributed by atoms with van der Waals surface area (Å²) in [6.45, 7) is 6.67. The van der Waals surface area contributed by atoms with Gasteiger partial charge in [0.25, 0.3) is 0 Å². The van der Waals surface area contributed by atoms with Crippen LogP contribution in [-0.2, 0) is 4.74 Å². The number of halogens is 1. The molecule has 0 heterocycles. The van der Waals surface area contributed by atoms with Gasteiger partial charge in [0, 0.05) is 18.8 Å². The first-order valence-electron chi connectivity index (χ1n) is 6.47. The third kappa shape index (κ3) is 6.52. The first-order chi connectivity index (χ1) is 9.28. The number of ether oxygens (including phenoxy) is 1. The standard InChI is InChI=1S/C14H21ClN2O3/c1-14(2,3)20-13(19)17-8-4-7-16-10-5-6-12(18)11(15)9-10/h5-6,9,16,18H,4,7-8H2,1-3H3,(H,17,19). The molecule has 0 bridgehead atoms. The van der Waals surface area contributed by atoms with E-state index in [1.807, 2.05) is 20.8 Å². The van der Waals surface area contributed by atoms with Crippen LogP contribution >= 0.6 is 11.6 Å². The number of nitrogens with one attached hydrogen (secondary N) is 2. The summed E-state index contributed by atoms with van der Waals surface area (Å²) < 4.78 is 5.12. The highest BCUT2D eigenvalue weighted by atomic mass is 35.5. The lowest BCUT2D eigenvalue weighted by Crippen LogP contribution is -2.33. The molecule has 0 aliphatic rings. The van der Waals surface area contributed by atoms with E-state index in [0.717, 1.165) is 12.1 Å². The van der Waals surface area contributed by atoms with Crippen molar-refractivity contribution in [2.24, 2.45) is 0 Å². The van der Waals surface area contributed by atoms with E-state index < -0.39 is 11.7 Å². The minimum Gasteiger partial charge on any atom is -0.506 e. The molecule has 0 saturated heterocycles. The molecule has 0 aliphatic carbocycles. The minimum absolute atomic E-state index is 0.0591. The normalized spacial score (nSPS) is 11.0. The number of rotatable bonds is 5. The first kappa shape index (κ1) is 16.4. The van der Waals surface area contributed by atoms with Gasteiger partial charge < -0.3 is 20.5 Å². The molecule has 112 valence electrons. The van der Waals surface area contributed by atoms with Crippen molar-refractivity contribution in [3.8, 4) is 5.75 Å². The summed E-state index contributed by atoms with van der Waals surface area (Å²) in [4.78, 5) is 11.4. The monoisotopic (exact) mass is 300 g/mol. The summed E-state index contributed by atoms with van der Waals surface area (Å²) >= 11 is 5.79. The predicted molar refractivity (Wildman–Crippen MR) is 80.5 cm³/mol. The molecule has 6 heteroatoms. The number of carbonyl (C=O) groups excluding carboxylic acids is 1. The molecule has 0 saturated carbocycles. The fourth-order valence-electron chi connectivity index (χ4n) is 1.44. The van der Waals surface area contributed by atoms with Gasteiger partial charge in [-0.1, -0.05) is 11.6 Å². The second-order valence-corrected chi connectivity index (χ2v) is 5.78. The number of benzene rings is 1. The van der Waals surface area contributed by atoms with Crippen molar-refractivity contribution in [3.05, 3.63) is 23.2 Å². The molecular weight excluding hydrogens is 280 g/mol. The zero-order valence-corrected chi connectivity index (χ0v) is 12.8. The van der Waals surface area contributed by atoms with E-state index in [4.69, 9.17) is 16.3 Å². The van der Waals surface area contributed by atoms with Crippen molar-refractivity contribution in [2.75, 3.05) is 18.4 Å². The zero-order valence-electron chi connectivity index (χ0n) is 12.0. The van der Waals surface area contributed by atoms with Crippen LogP contribution in [-0.4, -0.2) is 29.9 Å². The molecule has 0 aromatic heterocycles. The molecule has 1 aromatic rings. The van der Waals surface area contributed by atoms with Crippen molar-refractivity contribution in [1.29, 1.82) is 0 Å². The molecule has 1 amide bonds. The van der Waals surface area contributed by atoms with E-state index in [-0.39, 0.29) is 5.75 Å².